The van der Waals surface area contributed by atoms with E-state index in [1.54, 1.807) is 0 Å². The number of hydrogen-bond acceptors (Lipinski definition) is 2. The minimum Gasteiger partial charge on any atom is -0.380 e. The third-order valence-electron chi connectivity index (χ3n) is 2.19. The van der Waals surface area contributed by atoms with Crippen molar-refractivity contribution in [3.63, 3.8) is 0 Å². The smallest absolute Gasteiger partial charge is 0.0591 e. The predicted molar refractivity (Wildman–Crippen MR) is 76.5 cm³/mol. The third-order valence-corrected chi connectivity index (χ3v) is 3.42. The Hall–Kier alpha value is -0.0900. The fourth-order valence-corrected chi connectivity index (χ4v) is 1.80. The minimum atomic E-state index is 0.597. The quantitative estimate of drug-likeness (QED) is 0.770. The molecule has 1 rings (SSSR count). The van der Waals surface area contributed by atoms with Crippen molar-refractivity contribution in [2.24, 2.45) is 5.92 Å². The van der Waals surface area contributed by atoms with Gasteiger partial charge in [-0.2, -0.15) is 0 Å². The second-order valence-electron chi connectivity index (χ2n) is 4.39. The van der Waals surface area contributed by atoms with Crippen molar-refractivity contribution in [2.45, 2.75) is 20.4 Å². The van der Waals surface area contributed by atoms with E-state index in [1.807, 2.05) is 12.1 Å². The molecule has 0 bridgehead atoms. The molecule has 0 radical (unpaired) electrons. The van der Waals surface area contributed by atoms with E-state index in [9.17, 15) is 0 Å². The highest BCUT2D eigenvalue weighted by Gasteiger charge is 1.99. The Morgan fingerprint density at radius 3 is 2.82 bits per heavy atom. The molecule has 1 aromatic carbocycles. The summed E-state index contributed by atoms with van der Waals surface area (Å²) in [6, 6.07) is 5.99. The zero-order chi connectivity index (χ0) is 12.7. The lowest BCUT2D eigenvalue weighted by atomic mass is 10.2. The summed E-state index contributed by atoms with van der Waals surface area (Å²) in [7, 11) is 0. The summed E-state index contributed by atoms with van der Waals surface area (Å²) in [5, 5.41) is 4.07. The summed E-state index contributed by atoms with van der Waals surface area (Å²) in [5.41, 5.74) is 1.18. The van der Waals surface area contributed by atoms with Crippen LogP contribution in [0.25, 0.3) is 0 Å². The molecule has 0 aromatic heterocycles. The molecule has 0 fully saturated rings. The van der Waals surface area contributed by atoms with Crippen LogP contribution < -0.4 is 5.32 Å². The highest BCUT2D eigenvalue weighted by molar-refractivity contribution is 9.10. The molecule has 17 heavy (non-hydrogen) atoms. The second kappa shape index (κ2) is 8.09. The molecule has 0 aliphatic carbocycles. The van der Waals surface area contributed by atoms with E-state index in [0.29, 0.717) is 5.92 Å². The highest BCUT2D eigenvalue weighted by atomic mass is 79.9. The number of ether oxygens (including phenoxy) is 1. The number of hydrogen-bond donors (Lipinski definition) is 1. The first kappa shape index (κ1) is 15.0. The molecule has 0 saturated heterocycles. The molecule has 0 aliphatic heterocycles. The summed E-state index contributed by atoms with van der Waals surface area (Å²) in [6.45, 7) is 7.56. The molecule has 96 valence electrons. The first-order valence-corrected chi connectivity index (χ1v) is 6.99. The van der Waals surface area contributed by atoms with Crippen LogP contribution in [0.1, 0.15) is 19.4 Å². The maximum atomic E-state index is 6.01. The molecule has 0 unspecified atom stereocenters. The van der Waals surface area contributed by atoms with E-state index in [-0.39, 0.29) is 0 Å². The van der Waals surface area contributed by atoms with Gasteiger partial charge >= 0.3 is 0 Å². The maximum Gasteiger partial charge on any atom is 0.0591 e. The monoisotopic (exact) mass is 319 g/mol. The summed E-state index contributed by atoms with van der Waals surface area (Å²) < 4.78 is 6.41. The average molecular weight is 321 g/mol. The lowest BCUT2D eigenvalue weighted by Gasteiger charge is -2.08. The van der Waals surface area contributed by atoms with Crippen molar-refractivity contribution in [3.8, 4) is 0 Å². The molecular formula is C13H19BrClNO. The van der Waals surface area contributed by atoms with Gasteiger partial charge in [-0.15, -0.1) is 0 Å². The van der Waals surface area contributed by atoms with Crippen LogP contribution in [0.5, 0.6) is 0 Å². The van der Waals surface area contributed by atoms with Crippen LogP contribution in [0.3, 0.4) is 0 Å². The van der Waals surface area contributed by atoms with Gasteiger partial charge in [-0.3, -0.25) is 0 Å². The minimum absolute atomic E-state index is 0.597. The summed E-state index contributed by atoms with van der Waals surface area (Å²) in [4.78, 5) is 0. The number of nitrogens with one attached hydrogen (secondary N) is 1. The SMILES string of the molecule is CC(C)COCCNCc1ccc(Br)c(Cl)c1. The van der Waals surface area contributed by atoms with Gasteiger partial charge in [0.05, 0.1) is 11.6 Å². The summed E-state index contributed by atoms with van der Waals surface area (Å²) in [6.07, 6.45) is 0. The molecule has 0 heterocycles. The second-order valence-corrected chi connectivity index (χ2v) is 5.66. The van der Waals surface area contributed by atoms with E-state index >= 15 is 0 Å². The van der Waals surface area contributed by atoms with Gasteiger partial charge in [0.2, 0.25) is 0 Å². The normalized spacial score (nSPS) is 11.1. The fourth-order valence-electron chi connectivity index (χ4n) is 1.35. The van der Waals surface area contributed by atoms with Crippen molar-refractivity contribution < 1.29 is 4.74 Å². The van der Waals surface area contributed by atoms with Gasteiger partial charge in [0.25, 0.3) is 0 Å². The number of rotatable bonds is 7. The molecule has 0 spiro atoms. The van der Waals surface area contributed by atoms with E-state index in [4.69, 9.17) is 16.3 Å². The first-order valence-electron chi connectivity index (χ1n) is 5.82. The largest absolute Gasteiger partial charge is 0.380 e. The third kappa shape index (κ3) is 6.41. The lowest BCUT2D eigenvalue weighted by Crippen LogP contribution is -2.20. The van der Waals surface area contributed by atoms with Gasteiger partial charge < -0.3 is 10.1 Å². The molecule has 1 aromatic rings. The standard InChI is InChI=1S/C13H19BrClNO/c1-10(2)9-17-6-5-16-8-11-3-4-12(14)13(15)7-11/h3-4,7,10,16H,5-6,8-9H2,1-2H3. The van der Waals surface area contributed by atoms with Crippen LogP contribution in [0, 0.1) is 5.92 Å². The molecule has 1 N–H and O–H groups in total. The number of benzene rings is 1. The van der Waals surface area contributed by atoms with Crippen LogP contribution in [0.4, 0.5) is 0 Å². The van der Waals surface area contributed by atoms with E-state index in [1.165, 1.54) is 5.56 Å². The Balaban J connectivity index is 2.16. The molecule has 0 aliphatic rings. The fraction of sp³-hybridized carbons (Fsp3) is 0.538. The first-order chi connectivity index (χ1) is 8.09. The zero-order valence-electron chi connectivity index (χ0n) is 10.3. The van der Waals surface area contributed by atoms with Crippen molar-refractivity contribution in [3.05, 3.63) is 33.3 Å². The molecule has 0 saturated carbocycles. The van der Waals surface area contributed by atoms with Crippen LogP contribution in [-0.4, -0.2) is 19.8 Å². The van der Waals surface area contributed by atoms with Crippen LogP contribution >= 0.6 is 27.5 Å². The van der Waals surface area contributed by atoms with Gasteiger partial charge in [0.15, 0.2) is 0 Å². The Labute approximate surface area is 117 Å². The van der Waals surface area contributed by atoms with Crippen LogP contribution in [-0.2, 0) is 11.3 Å². The molecule has 0 atom stereocenters. The Bertz CT molecular complexity index is 344. The van der Waals surface area contributed by atoms with E-state index < -0.39 is 0 Å². The topological polar surface area (TPSA) is 21.3 Å². The molecular weight excluding hydrogens is 302 g/mol. The van der Waals surface area contributed by atoms with Gasteiger partial charge in [-0.25, -0.2) is 0 Å². The van der Waals surface area contributed by atoms with Crippen molar-refractivity contribution in [1.29, 1.82) is 0 Å². The Kier molecular flexibility index (Phi) is 7.12. The summed E-state index contributed by atoms with van der Waals surface area (Å²) >= 11 is 9.38. The van der Waals surface area contributed by atoms with Crippen LogP contribution in [0.15, 0.2) is 22.7 Å². The Morgan fingerprint density at radius 1 is 1.41 bits per heavy atom. The number of halogens is 2. The van der Waals surface area contributed by atoms with Crippen molar-refractivity contribution >= 4 is 27.5 Å². The van der Waals surface area contributed by atoms with Crippen LogP contribution in [0.2, 0.25) is 5.02 Å². The van der Waals surface area contributed by atoms with Gasteiger partial charge in [-0.1, -0.05) is 31.5 Å². The zero-order valence-corrected chi connectivity index (χ0v) is 12.6. The maximum absolute atomic E-state index is 6.01. The van der Waals surface area contributed by atoms with Crippen molar-refractivity contribution in [1.82, 2.24) is 5.32 Å². The molecule has 2 nitrogen and oxygen atoms in total. The molecule has 0 amide bonds. The van der Waals surface area contributed by atoms with Gasteiger partial charge in [0, 0.05) is 24.2 Å². The van der Waals surface area contributed by atoms with Gasteiger partial charge in [-0.05, 0) is 39.5 Å². The van der Waals surface area contributed by atoms with E-state index in [0.717, 1.165) is 35.8 Å². The molecule has 4 heteroatoms. The highest BCUT2D eigenvalue weighted by Crippen LogP contribution is 2.22. The lowest BCUT2D eigenvalue weighted by molar-refractivity contribution is 0.111. The van der Waals surface area contributed by atoms with E-state index in [2.05, 4.69) is 41.2 Å². The summed E-state index contributed by atoms with van der Waals surface area (Å²) in [5.74, 6) is 0.597. The Morgan fingerprint density at radius 2 is 2.18 bits per heavy atom. The van der Waals surface area contributed by atoms with Gasteiger partial charge in [0.1, 0.15) is 0 Å². The predicted octanol–water partition coefficient (Wildman–Crippen LogP) is 3.86. The van der Waals surface area contributed by atoms with Crippen molar-refractivity contribution in [2.75, 3.05) is 19.8 Å². The average Bonchev–Trinajstić information content (AvgIpc) is 2.27.